The van der Waals surface area contributed by atoms with E-state index in [-0.39, 0.29) is 0 Å². The molecule has 0 fully saturated rings. The van der Waals surface area contributed by atoms with Crippen LogP contribution in [0.2, 0.25) is 0 Å². The fraction of sp³-hybridized carbons (Fsp3) is 0. The number of para-hydroxylation sites is 3. The first-order chi connectivity index (χ1) is 25.3. The molecule has 0 unspecified atom stereocenters. The van der Waals surface area contributed by atoms with Gasteiger partial charge in [-0.15, -0.1) is 11.3 Å². The van der Waals surface area contributed by atoms with Gasteiger partial charge in [-0.3, -0.25) is 0 Å². The Morgan fingerprint density at radius 2 is 1.08 bits per heavy atom. The fourth-order valence-corrected chi connectivity index (χ4v) is 8.63. The summed E-state index contributed by atoms with van der Waals surface area (Å²) in [5.41, 5.74) is 7.76. The average molecular weight is 671 g/mol. The van der Waals surface area contributed by atoms with E-state index in [1.807, 2.05) is 18.2 Å². The van der Waals surface area contributed by atoms with Crippen molar-refractivity contribution in [2.75, 3.05) is 0 Å². The quantitative estimate of drug-likeness (QED) is 0.187. The summed E-state index contributed by atoms with van der Waals surface area (Å²) < 4.78 is 11.1. The third-order valence-corrected chi connectivity index (χ3v) is 11.0. The predicted molar refractivity (Wildman–Crippen MR) is 211 cm³/mol. The molecule has 0 atom stereocenters. The smallest absolute Gasteiger partial charge is 0.164 e. The molecule has 6 heteroatoms. The summed E-state index contributed by atoms with van der Waals surface area (Å²) in [6.45, 7) is 0. The normalized spacial score (nSPS) is 11.9. The minimum atomic E-state index is 0.594. The van der Waals surface area contributed by atoms with Gasteiger partial charge in [-0.25, -0.2) is 15.0 Å². The van der Waals surface area contributed by atoms with Crippen LogP contribution in [0.5, 0.6) is 0 Å². The zero-order chi connectivity index (χ0) is 33.5. The monoisotopic (exact) mass is 670 g/mol. The molecule has 0 amide bonds. The number of hydrogen-bond donors (Lipinski definition) is 0. The van der Waals surface area contributed by atoms with Crippen molar-refractivity contribution in [1.82, 2.24) is 19.5 Å². The van der Waals surface area contributed by atoms with Gasteiger partial charge >= 0.3 is 0 Å². The van der Waals surface area contributed by atoms with E-state index in [2.05, 4.69) is 144 Å². The molecule has 0 saturated carbocycles. The predicted octanol–water partition coefficient (Wildman–Crippen LogP) is 12.2. The molecule has 4 aromatic heterocycles. The third-order valence-electron chi connectivity index (χ3n) is 9.86. The zero-order valence-corrected chi connectivity index (χ0v) is 27.9. The Morgan fingerprint density at radius 1 is 0.431 bits per heavy atom. The van der Waals surface area contributed by atoms with Crippen molar-refractivity contribution in [1.29, 1.82) is 0 Å². The van der Waals surface area contributed by atoms with Crippen LogP contribution in [-0.4, -0.2) is 19.5 Å². The number of hydrogen-bond acceptors (Lipinski definition) is 5. The molecule has 4 heterocycles. The van der Waals surface area contributed by atoms with Crippen molar-refractivity contribution in [3.05, 3.63) is 158 Å². The first-order valence-corrected chi connectivity index (χ1v) is 17.8. The SMILES string of the molecule is c1ccc(-n2c3ccccc3c3c(-c4nc(-c5ccc6c(c5)oc5ccccc56)nc(-c5ccc6sc7ccccc7c6c5)n4)cccc32)cc1. The van der Waals surface area contributed by atoms with E-state index in [9.17, 15) is 0 Å². The first kappa shape index (κ1) is 28.2. The van der Waals surface area contributed by atoms with Gasteiger partial charge in [0, 0.05) is 64.1 Å². The van der Waals surface area contributed by atoms with E-state index >= 15 is 0 Å². The van der Waals surface area contributed by atoms with Crippen molar-refractivity contribution in [2.45, 2.75) is 0 Å². The maximum absolute atomic E-state index is 6.30. The van der Waals surface area contributed by atoms with Gasteiger partial charge in [0.15, 0.2) is 17.5 Å². The maximum Gasteiger partial charge on any atom is 0.164 e. The van der Waals surface area contributed by atoms with Gasteiger partial charge in [0.05, 0.1) is 11.0 Å². The lowest BCUT2D eigenvalue weighted by Crippen LogP contribution is -2.00. The maximum atomic E-state index is 6.30. The van der Waals surface area contributed by atoms with Crippen molar-refractivity contribution in [3.63, 3.8) is 0 Å². The molecule has 0 bridgehead atoms. The number of aromatic nitrogens is 4. The van der Waals surface area contributed by atoms with E-state index in [1.165, 1.54) is 20.2 Å². The molecular weight excluding hydrogens is 645 g/mol. The van der Waals surface area contributed by atoms with Crippen LogP contribution in [-0.2, 0) is 0 Å². The summed E-state index contributed by atoms with van der Waals surface area (Å²) in [6, 6.07) is 55.0. The molecule has 238 valence electrons. The summed E-state index contributed by atoms with van der Waals surface area (Å²) >= 11 is 1.81. The Hall–Kier alpha value is -6.63. The summed E-state index contributed by atoms with van der Waals surface area (Å²) in [5.74, 6) is 1.84. The Balaban J connectivity index is 1.18. The molecule has 0 N–H and O–H groups in total. The van der Waals surface area contributed by atoms with Crippen molar-refractivity contribution in [3.8, 4) is 39.9 Å². The van der Waals surface area contributed by atoms with E-state index in [0.717, 1.165) is 66.1 Å². The van der Waals surface area contributed by atoms with Crippen LogP contribution in [0, 0.1) is 0 Å². The van der Waals surface area contributed by atoms with Gasteiger partial charge < -0.3 is 8.98 Å². The number of benzene rings is 7. The van der Waals surface area contributed by atoms with Crippen LogP contribution in [0.25, 0.3) is 104 Å². The molecule has 0 spiro atoms. The van der Waals surface area contributed by atoms with Crippen LogP contribution in [0.15, 0.2) is 162 Å². The van der Waals surface area contributed by atoms with E-state index in [0.29, 0.717) is 17.5 Å². The Bertz CT molecular complexity index is 3150. The van der Waals surface area contributed by atoms with Gasteiger partial charge in [0.1, 0.15) is 11.2 Å². The summed E-state index contributed by atoms with van der Waals surface area (Å²) in [7, 11) is 0. The lowest BCUT2D eigenvalue weighted by Gasteiger charge is -2.11. The molecule has 51 heavy (non-hydrogen) atoms. The highest BCUT2D eigenvalue weighted by molar-refractivity contribution is 7.25. The fourth-order valence-electron chi connectivity index (χ4n) is 7.55. The second-order valence-corrected chi connectivity index (χ2v) is 13.9. The average Bonchev–Trinajstić information content (AvgIpc) is 3.87. The van der Waals surface area contributed by atoms with E-state index < -0.39 is 0 Å². The lowest BCUT2D eigenvalue weighted by atomic mass is 10.0. The highest BCUT2D eigenvalue weighted by atomic mass is 32.1. The second-order valence-electron chi connectivity index (χ2n) is 12.8. The minimum Gasteiger partial charge on any atom is -0.456 e. The van der Waals surface area contributed by atoms with Gasteiger partial charge in [-0.1, -0.05) is 91.0 Å². The number of fused-ring (bicyclic) bond motifs is 9. The van der Waals surface area contributed by atoms with Crippen LogP contribution < -0.4 is 0 Å². The highest BCUT2D eigenvalue weighted by Crippen LogP contribution is 2.40. The molecule has 0 saturated heterocycles. The summed E-state index contributed by atoms with van der Waals surface area (Å²) in [5, 5.41) is 6.85. The molecule has 7 aromatic carbocycles. The largest absolute Gasteiger partial charge is 0.456 e. The van der Waals surface area contributed by atoms with Crippen LogP contribution in [0.3, 0.4) is 0 Å². The standard InChI is InChI=1S/C45H26N4OS/c1-2-11-29(12-3-1)49-36-17-7-4-15-33(36)42-34(16-10-18-37(42)49)45-47-43(27-22-24-41-35(25-27)32-14-6-9-20-40(32)51-41)46-44(48-45)28-21-23-31-30-13-5-8-19-38(30)50-39(31)26-28/h1-26H. The summed E-state index contributed by atoms with van der Waals surface area (Å²) in [6.07, 6.45) is 0. The van der Waals surface area contributed by atoms with E-state index in [4.69, 9.17) is 19.4 Å². The number of furan rings is 1. The zero-order valence-electron chi connectivity index (χ0n) is 27.1. The molecule has 0 aliphatic carbocycles. The van der Waals surface area contributed by atoms with Gasteiger partial charge in [-0.05, 0) is 66.7 Å². The Morgan fingerprint density at radius 3 is 1.96 bits per heavy atom. The third kappa shape index (κ3) is 4.37. The molecule has 0 radical (unpaired) electrons. The van der Waals surface area contributed by atoms with Crippen LogP contribution in [0.1, 0.15) is 0 Å². The van der Waals surface area contributed by atoms with Crippen LogP contribution >= 0.6 is 11.3 Å². The molecule has 11 rings (SSSR count). The lowest BCUT2D eigenvalue weighted by molar-refractivity contribution is 0.669. The highest BCUT2D eigenvalue weighted by Gasteiger charge is 2.20. The van der Waals surface area contributed by atoms with Gasteiger partial charge in [-0.2, -0.15) is 0 Å². The first-order valence-electron chi connectivity index (χ1n) is 16.9. The Kier molecular flexibility index (Phi) is 6.05. The number of nitrogens with zero attached hydrogens (tertiary/aromatic N) is 4. The minimum absolute atomic E-state index is 0.594. The Labute approximate surface area is 295 Å². The van der Waals surface area contributed by atoms with Crippen molar-refractivity contribution < 1.29 is 4.42 Å². The second kappa shape index (κ2) is 10.9. The van der Waals surface area contributed by atoms with Gasteiger partial charge in [0.25, 0.3) is 0 Å². The number of thiophene rings is 1. The topological polar surface area (TPSA) is 56.7 Å². The summed E-state index contributed by atoms with van der Waals surface area (Å²) in [4.78, 5) is 15.6. The van der Waals surface area contributed by atoms with Crippen molar-refractivity contribution in [2.24, 2.45) is 0 Å². The molecule has 0 aliphatic rings. The molecule has 0 aliphatic heterocycles. The van der Waals surface area contributed by atoms with E-state index in [1.54, 1.807) is 11.3 Å². The molecule has 11 aromatic rings. The molecule has 5 nitrogen and oxygen atoms in total. The van der Waals surface area contributed by atoms with Gasteiger partial charge in [0.2, 0.25) is 0 Å². The molecular formula is C45H26N4OS. The van der Waals surface area contributed by atoms with Crippen molar-refractivity contribution >= 4 is 75.3 Å². The number of rotatable bonds is 4. The van der Waals surface area contributed by atoms with Crippen LogP contribution in [0.4, 0.5) is 0 Å².